The summed E-state index contributed by atoms with van der Waals surface area (Å²) in [5.41, 5.74) is 4.06. The van der Waals surface area contributed by atoms with Crippen molar-refractivity contribution in [2.24, 2.45) is 0 Å². The van der Waals surface area contributed by atoms with E-state index in [-0.39, 0.29) is 0 Å². The van der Waals surface area contributed by atoms with E-state index in [1.165, 1.54) is 16.8 Å². The van der Waals surface area contributed by atoms with Crippen molar-refractivity contribution in [3.05, 3.63) is 53.6 Å². The molecule has 2 atom stereocenters. The van der Waals surface area contributed by atoms with E-state index in [1.807, 2.05) is 0 Å². The summed E-state index contributed by atoms with van der Waals surface area (Å²) in [6.45, 7) is 2.13. The first-order chi connectivity index (χ1) is 6.84. The Morgan fingerprint density at radius 2 is 2.00 bits per heavy atom. The molecule has 0 fully saturated rings. The molecule has 1 heterocycles. The highest BCUT2D eigenvalue weighted by molar-refractivity contribution is 5.64. The third-order valence-corrected chi connectivity index (χ3v) is 3.02. The van der Waals surface area contributed by atoms with Gasteiger partial charge in [0.15, 0.2) is 0 Å². The molecule has 0 aromatic heterocycles. The Hall–Kier alpha value is -1.50. The van der Waals surface area contributed by atoms with Crippen LogP contribution >= 0.6 is 0 Å². The highest BCUT2D eigenvalue weighted by atomic mass is 15.0. The van der Waals surface area contributed by atoms with Crippen LogP contribution in [0.25, 0.3) is 0 Å². The normalized spacial score (nSPS) is 26.9. The molecule has 14 heavy (non-hydrogen) atoms. The molecule has 0 saturated carbocycles. The van der Waals surface area contributed by atoms with E-state index < -0.39 is 0 Å². The maximum Gasteiger partial charge on any atom is 0.0551 e. The van der Waals surface area contributed by atoms with Crippen LogP contribution in [0.15, 0.2) is 42.5 Å². The van der Waals surface area contributed by atoms with Gasteiger partial charge < -0.3 is 5.32 Å². The van der Waals surface area contributed by atoms with Gasteiger partial charge in [0.1, 0.15) is 0 Å². The third-order valence-electron chi connectivity index (χ3n) is 3.02. The van der Waals surface area contributed by atoms with Gasteiger partial charge in [-0.1, -0.05) is 36.4 Å². The van der Waals surface area contributed by atoms with E-state index in [0.29, 0.717) is 12.0 Å². The SMILES string of the molecule is Cc1ccc2c(c1)NC1C=CC=CC21. The number of aryl methyl sites for hydroxylation is 1. The van der Waals surface area contributed by atoms with E-state index in [0.717, 1.165) is 0 Å². The minimum absolute atomic E-state index is 0.469. The van der Waals surface area contributed by atoms with Gasteiger partial charge in [-0.25, -0.2) is 0 Å². The van der Waals surface area contributed by atoms with Gasteiger partial charge in [0.05, 0.1) is 6.04 Å². The largest absolute Gasteiger partial charge is 0.378 e. The Morgan fingerprint density at radius 1 is 1.14 bits per heavy atom. The molecular formula is C13H13N. The van der Waals surface area contributed by atoms with Crippen molar-refractivity contribution in [3.63, 3.8) is 0 Å². The van der Waals surface area contributed by atoms with Gasteiger partial charge in [0, 0.05) is 11.6 Å². The lowest BCUT2D eigenvalue weighted by atomic mass is 9.91. The number of fused-ring (bicyclic) bond motifs is 3. The monoisotopic (exact) mass is 183 g/mol. The fraction of sp³-hybridized carbons (Fsp3) is 0.231. The lowest BCUT2D eigenvalue weighted by Crippen LogP contribution is -2.17. The standard InChI is InChI=1S/C13H13N/c1-9-6-7-11-10-4-2-3-5-12(10)14-13(11)8-9/h2-8,10,12,14H,1H3. The second-order valence-corrected chi connectivity index (χ2v) is 4.06. The van der Waals surface area contributed by atoms with Gasteiger partial charge in [0.25, 0.3) is 0 Å². The van der Waals surface area contributed by atoms with Crippen LogP contribution in [0, 0.1) is 6.92 Å². The molecular weight excluding hydrogens is 170 g/mol. The molecule has 0 bridgehead atoms. The van der Waals surface area contributed by atoms with Crippen LogP contribution in [0.1, 0.15) is 17.0 Å². The maximum atomic E-state index is 3.54. The summed E-state index contributed by atoms with van der Waals surface area (Å²) in [6, 6.07) is 7.13. The summed E-state index contributed by atoms with van der Waals surface area (Å²) in [4.78, 5) is 0. The fourth-order valence-corrected chi connectivity index (χ4v) is 2.31. The van der Waals surface area contributed by atoms with E-state index in [2.05, 4.69) is 54.7 Å². The van der Waals surface area contributed by atoms with E-state index in [9.17, 15) is 0 Å². The molecule has 1 aromatic rings. The molecule has 0 saturated heterocycles. The molecule has 1 heteroatoms. The number of anilines is 1. The van der Waals surface area contributed by atoms with Crippen molar-refractivity contribution < 1.29 is 0 Å². The Labute approximate surface area is 84.1 Å². The molecule has 1 aliphatic heterocycles. The summed E-state index contributed by atoms with van der Waals surface area (Å²) >= 11 is 0. The Bertz CT molecular complexity index is 429. The quantitative estimate of drug-likeness (QED) is 0.652. The zero-order valence-electron chi connectivity index (χ0n) is 8.20. The molecule has 1 aromatic carbocycles. The van der Waals surface area contributed by atoms with Crippen LogP contribution in [0.2, 0.25) is 0 Å². The second-order valence-electron chi connectivity index (χ2n) is 4.06. The molecule has 2 aliphatic rings. The predicted octanol–water partition coefficient (Wildman–Crippen LogP) is 3.00. The molecule has 3 rings (SSSR count). The molecule has 1 N–H and O–H groups in total. The van der Waals surface area contributed by atoms with Gasteiger partial charge in [-0.05, 0) is 24.1 Å². The average molecular weight is 183 g/mol. The van der Waals surface area contributed by atoms with Crippen molar-refractivity contribution in [1.82, 2.24) is 0 Å². The summed E-state index contributed by atoms with van der Waals surface area (Å²) in [7, 11) is 0. The summed E-state index contributed by atoms with van der Waals surface area (Å²) < 4.78 is 0. The van der Waals surface area contributed by atoms with Crippen molar-refractivity contribution >= 4 is 5.69 Å². The van der Waals surface area contributed by atoms with Gasteiger partial charge in [-0.3, -0.25) is 0 Å². The number of hydrogen-bond donors (Lipinski definition) is 1. The number of rotatable bonds is 0. The Morgan fingerprint density at radius 3 is 2.93 bits per heavy atom. The topological polar surface area (TPSA) is 12.0 Å². The van der Waals surface area contributed by atoms with Crippen LogP contribution in [0.4, 0.5) is 5.69 Å². The first-order valence-electron chi connectivity index (χ1n) is 5.07. The number of nitrogens with one attached hydrogen (secondary N) is 1. The van der Waals surface area contributed by atoms with Crippen molar-refractivity contribution in [1.29, 1.82) is 0 Å². The molecule has 0 spiro atoms. The van der Waals surface area contributed by atoms with Gasteiger partial charge >= 0.3 is 0 Å². The minimum atomic E-state index is 0.469. The van der Waals surface area contributed by atoms with Crippen LogP contribution in [0.3, 0.4) is 0 Å². The van der Waals surface area contributed by atoms with Gasteiger partial charge in [-0.15, -0.1) is 0 Å². The highest BCUT2D eigenvalue weighted by Gasteiger charge is 2.28. The van der Waals surface area contributed by atoms with Gasteiger partial charge in [0.2, 0.25) is 0 Å². The van der Waals surface area contributed by atoms with Crippen LogP contribution < -0.4 is 5.32 Å². The van der Waals surface area contributed by atoms with E-state index in [1.54, 1.807) is 0 Å². The molecule has 0 radical (unpaired) electrons. The Balaban J connectivity index is 2.11. The van der Waals surface area contributed by atoms with Crippen molar-refractivity contribution in [2.75, 3.05) is 5.32 Å². The summed E-state index contributed by atoms with van der Waals surface area (Å²) in [5, 5.41) is 3.54. The second kappa shape index (κ2) is 2.74. The minimum Gasteiger partial charge on any atom is -0.378 e. The smallest absolute Gasteiger partial charge is 0.0551 e. The average Bonchev–Trinajstić information content (AvgIpc) is 2.54. The lowest BCUT2D eigenvalue weighted by Gasteiger charge is -2.15. The fourth-order valence-electron chi connectivity index (χ4n) is 2.31. The summed E-state index contributed by atoms with van der Waals surface area (Å²) in [5.74, 6) is 0.538. The van der Waals surface area contributed by atoms with Gasteiger partial charge in [-0.2, -0.15) is 0 Å². The first kappa shape index (κ1) is 7.86. The zero-order valence-corrected chi connectivity index (χ0v) is 8.20. The molecule has 1 nitrogen and oxygen atoms in total. The number of hydrogen-bond acceptors (Lipinski definition) is 1. The van der Waals surface area contributed by atoms with Crippen LogP contribution in [-0.4, -0.2) is 6.04 Å². The van der Waals surface area contributed by atoms with E-state index in [4.69, 9.17) is 0 Å². The van der Waals surface area contributed by atoms with Crippen molar-refractivity contribution in [3.8, 4) is 0 Å². The molecule has 2 unspecified atom stereocenters. The Kier molecular flexibility index (Phi) is 1.54. The zero-order chi connectivity index (χ0) is 9.54. The van der Waals surface area contributed by atoms with Crippen LogP contribution in [0.5, 0.6) is 0 Å². The number of benzene rings is 1. The molecule has 1 aliphatic carbocycles. The van der Waals surface area contributed by atoms with Crippen LogP contribution in [-0.2, 0) is 0 Å². The maximum absolute atomic E-state index is 3.54. The highest BCUT2D eigenvalue weighted by Crippen LogP contribution is 2.39. The molecule has 0 amide bonds. The predicted molar refractivity (Wildman–Crippen MR) is 59.6 cm³/mol. The van der Waals surface area contributed by atoms with E-state index >= 15 is 0 Å². The first-order valence-corrected chi connectivity index (χ1v) is 5.07. The molecule has 70 valence electrons. The lowest BCUT2D eigenvalue weighted by molar-refractivity contribution is 0.805. The van der Waals surface area contributed by atoms with Crippen molar-refractivity contribution in [2.45, 2.75) is 18.9 Å². The summed E-state index contributed by atoms with van der Waals surface area (Å²) in [6.07, 6.45) is 8.77. The third kappa shape index (κ3) is 1.02. The number of allylic oxidation sites excluding steroid dienone is 2.